The van der Waals surface area contributed by atoms with Crippen molar-refractivity contribution in [3.8, 4) is 0 Å². The molecule has 0 saturated carbocycles. The van der Waals surface area contributed by atoms with E-state index in [1.165, 1.54) is 0 Å². The first-order valence-electron chi connectivity index (χ1n) is 9.23. The minimum Gasteiger partial charge on any atom is -0.356 e. The van der Waals surface area contributed by atoms with E-state index >= 15 is 0 Å². The number of anilines is 1. The second-order valence-corrected chi connectivity index (χ2v) is 7.17. The van der Waals surface area contributed by atoms with Crippen LogP contribution in [0.25, 0.3) is 10.9 Å². The Kier molecular flexibility index (Phi) is 4.72. The van der Waals surface area contributed by atoms with Crippen molar-refractivity contribution >= 4 is 16.7 Å². The van der Waals surface area contributed by atoms with Gasteiger partial charge in [0.05, 0.1) is 5.52 Å². The topological polar surface area (TPSA) is 59.7 Å². The van der Waals surface area contributed by atoms with Gasteiger partial charge in [-0.1, -0.05) is 12.1 Å². The summed E-state index contributed by atoms with van der Waals surface area (Å²) in [5.41, 5.74) is 0.555. The molecule has 0 atom stereocenters. The second-order valence-electron chi connectivity index (χ2n) is 7.17. The third-order valence-electron chi connectivity index (χ3n) is 5.11. The quantitative estimate of drug-likeness (QED) is 0.689. The Morgan fingerprint density at radius 1 is 1.07 bits per heavy atom. The maximum Gasteiger partial charge on any atom is 0.297 e. The number of rotatable bonds is 4. The minimum atomic E-state index is -2.68. The normalized spacial score (nSPS) is 16.0. The molecule has 0 bridgehead atoms. The first kappa shape index (κ1) is 17.8. The van der Waals surface area contributed by atoms with Gasteiger partial charge in [-0.05, 0) is 38.8 Å². The average molecular weight is 372 g/mol. The molecule has 3 aromatic rings. The number of benzene rings is 1. The molecule has 1 fully saturated rings. The van der Waals surface area contributed by atoms with E-state index in [2.05, 4.69) is 43.5 Å². The van der Waals surface area contributed by atoms with Crippen LogP contribution in [0.2, 0.25) is 0 Å². The van der Waals surface area contributed by atoms with Crippen LogP contribution in [-0.4, -0.2) is 37.8 Å². The fraction of sp³-hybridized carbons (Fsp3) is 0.474. The lowest BCUT2D eigenvalue weighted by molar-refractivity contribution is 0.141. The second kappa shape index (κ2) is 7.17. The smallest absolute Gasteiger partial charge is 0.297 e. The van der Waals surface area contributed by atoms with Crippen LogP contribution >= 0.6 is 0 Å². The number of alkyl halides is 2. The zero-order valence-electron chi connectivity index (χ0n) is 15.4. The van der Waals surface area contributed by atoms with Gasteiger partial charge in [0, 0.05) is 30.4 Å². The highest BCUT2D eigenvalue weighted by molar-refractivity contribution is 5.89. The Balaban J connectivity index is 1.60. The number of halogens is 2. The molecule has 8 heteroatoms. The van der Waals surface area contributed by atoms with Gasteiger partial charge in [-0.2, -0.15) is 0 Å². The molecule has 6 nitrogen and oxygen atoms in total. The highest BCUT2D eigenvalue weighted by Gasteiger charge is 2.27. The first-order chi connectivity index (χ1) is 13.0. The predicted molar refractivity (Wildman–Crippen MR) is 99.1 cm³/mol. The zero-order valence-corrected chi connectivity index (χ0v) is 15.4. The standard InChI is InChI=1S/C19H22F2N6/c1-12(2)27-11-22-25-18(27)13-7-9-26(10-8-13)19-14-5-3-4-6-15(14)23-17(24-19)16(20)21/h3-6,11-13,16H,7-10H2,1-2H3. The molecule has 1 aliphatic rings. The van der Waals surface area contributed by atoms with Crippen LogP contribution in [-0.2, 0) is 0 Å². The molecule has 0 spiro atoms. The lowest BCUT2D eigenvalue weighted by Gasteiger charge is -2.33. The maximum atomic E-state index is 13.2. The molecule has 27 heavy (non-hydrogen) atoms. The summed E-state index contributed by atoms with van der Waals surface area (Å²) >= 11 is 0. The highest BCUT2D eigenvalue weighted by Crippen LogP contribution is 2.33. The molecular formula is C19H22F2N6. The fourth-order valence-corrected chi connectivity index (χ4v) is 3.71. The number of fused-ring (bicyclic) bond motifs is 1. The van der Waals surface area contributed by atoms with Crippen molar-refractivity contribution in [2.75, 3.05) is 18.0 Å². The van der Waals surface area contributed by atoms with Crippen molar-refractivity contribution in [1.82, 2.24) is 24.7 Å². The lowest BCUT2D eigenvalue weighted by atomic mass is 9.95. The van der Waals surface area contributed by atoms with Gasteiger partial charge in [-0.25, -0.2) is 18.7 Å². The Bertz CT molecular complexity index is 931. The average Bonchev–Trinajstić information content (AvgIpc) is 3.17. The number of piperidine rings is 1. The van der Waals surface area contributed by atoms with Gasteiger partial charge in [0.25, 0.3) is 6.43 Å². The van der Waals surface area contributed by atoms with Crippen molar-refractivity contribution in [3.05, 3.63) is 42.2 Å². The summed E-state index contributed by atoms with van der Waals surface area (Å²) in [7, 11) is 0. The van der Waals surface area contributed by atoms with Gasteiger partial charge in [0.15, 0.2) is 5.82 Å². The van der Waals surface area contributed by atoms with Crippen molar-refractivity contribution in [2.45, 2.75) is 45.1 Å². The van der Waals surface area contributed by atoms with Crippen molar-refractivity contribution in [2.24, 2.45) is 0 Å². The maximum absolute atomic E-state index is 13.2. The summed E-state index contributed by atoms with van der Waals surface area (Å²) in [5.74, 6) is 1.50. The van der Waals surface area contributed by atoms with Crippen molar-refractivity contribution in [3.63, 3.8) is 0 Å². The molecule has 1 saturated heterocycles. The van der Waals surface area contributed by atoms with Gasteiger partial charge in [0.2, 0.25) is 0 Å². The van der Waals surface area contributed by atoms with Crippen LogP contribution in [0.1, 0.15) is 56.7 Å². The van der Waals surface area contributed by atoms with Gasteiger partial charge < -0.3 is 9.47 Å². The highest BCUT2D eigenvalue weighted by atomic mass is 19.3. The van der Waals surface area contributed by atoms with Crippen LogP contribution in [0, 0.1) is 0 Å². The van der Waals surface area contributed by atoms with Gasteiger partial charge in [-0.15, -0.1) is 10.2 Å². The van der Waals surface area contributed by atoms with Crippen LogP contribution < -0.4 is 4.90 Å². The monoisotopic (exact) mass is 372 g/mol. The van der Waals surface area contributed by atoms with E-state index in [4.69, 9.17) is 0 Å². The van der Waals surface area contributed by atoms with E-state index in [1.54, 1.807) is 18.5 Å². The summed E-state index contributed by atoms with van der Waals surface area (Å²) in [5, 5.41) is 9.19. The van der Waals surface area contributed by atoms with E-state index in [1.807, 2.05) is 12.1 Å². The fourth-order valence-electron chi connectivity index (χ4n) is 3.71. The Morgan fingerprint density at radius 3 is 2.52 bits per heavy atom. The molecule has 0 N–H and O–H groups in total. The van der Waals surface area contributed by atoms with Crippen molar-refractivity contribution in [1.29, 1.82) is 0 Å². The van der Waals surface area contributed by atoms with Gasteiger partial charge in [0.1, 0.15) is 18.0 Å². The van der Waals surface area contributed by atoms with Crippen LogP contribution in [0.3, 0.4) is 0 Å². The number of nitrogens with zero attached hydrogens (tertiary/aromatic N) is 6. The van der Waals surface area contributed by atoms with Gasteiger partial charge in [-0.3, -0.25) is 0 Å². The molecular weight excluding hydrogens is 350 g/mol. The number of hydrogen-bond acceptors (Lipinski definition) is 5. The first-order valence-corrected chi connectivity index (χ1v) is 9.23. The summed E-state index contributed by atoms with van der Waals surface area (Å²) < 4.78 is 28.6. The molecule has 142 valence electrons. The van der Waals surface area contributed by atoms with Crippen molar-refractivity contribution < 1.29 is 8.78 Å². The molecule has 0 unspecified atom stereocenters. The third kappa shape index (κ3) is 3.36. The molecule has 0 radical (unpaired) electrons. The molecule has 4 rings (SSSR count). The Hall–Kier alpha value is -2.64. The van der Waals surface area contributed by atoms with E-state index in [9.17, 15) is 8.78 Å². The zero-order chi connectivity index (χ0) is 19.0. The SMILES string of the molecule is CC(C)n1cnnc1C1CCN(c2nc(C(F)F)nc3ccccc23)CC1. The largest absolute Gasteiger partial charge is 0.356 e. The molecule has 1 aliphatic heterocycles. The van der Waals surface area contributed by atoms with Crippen LogP contribution in [0.4, 0.5) is 14.6 Å². The van der Waals surface area contributed by atoms with Crippen LogP contribution in [0.15, 0.2) is 30.6 Å². The molecule has 0 amide bonds. The Labute approximate surface area is 156 Å². The van der Waals surface area contributed by atoms with E-state index in [0.29, 0.717) is 23.3 Å². The van der Waals surface area contributed by atoms with E-state index in [0.717, 1.165) is 37.1 Å². The Morgan fingerprint density at radius 2 is 1.81 bits per heavy atom. The molecule has 2 aromatic heterocycles. The van der Waals surface area contributed by atoms with E-state index in [-0.39, 0.29) is 0 Å². The van der Waals surface area contributed by atoms with E-state index < -0.39 is 12.2 Å². The number of hydrogen-bond donors (Lipinski definition) is 0. The summed E-state index contributed by atoms with van der Waals surface area (Å²) in [6.07, 6.45) is 0.858. The number of aromatic nitrogens is 5. The molecule has 0 aliphatic carbocycles. The predicted octanol–water partition coefficient (Wildman–Crippen LogP) is 4.12. The van der Waals surface area contributed by atoms with Gasteiger partial charge >= 0.3 is 0 Å². The summed E-state index contributed by atoms with van der Waals surface area (Å²) in [6.45, 7) is 5.69. The molecule has 3 heterocycles. The summed E-state index contributed by atoms with van der Waals surface area (Å²) in [6, 6.07) is 7.65. The number of para-hydroxylation sites is 1. The summed E-state index contributed by atoms with van der Waals surface area (Å²) in [4.78, 5) is 10.3. The minimum absolute atomic E-state index is 0.312. The molecule has 1 aromatic carbocycles. The van der Waals surface area contributed by atoms with Crippen LogP contribution in [0.5, 0.6) is 0 Å². The third-order valence-corrected chi connectivity index (χ3v) is 5.11. The lowest BCUT2D eigenvalue weighted by Crippen LogP contribution is -2.34.